The van der Waals surface area contributed by atoms with E-state index in [0.717, 1.165) is 58.1 Å². The summed E-state index contributed by atoms with van der Waals surface area (Å²) in [6.07, 6.45) is 0.857. The standard InChI is InChI=1S/C20H33N5O3.HI/c1-24(2)19(26)16-23-20(22-10-11-25-12-14-28-15-13-25)21-9-8-17-4-6-18(27-3)7-5-17;/h4-7H,8-16H2,1-3H3,(H2,21,22,23);1H. The fraction of sp³-hybridized carbons (Fsp3) is 0.600. The van der Waals surface area contributed by atoms with Gasteiger partial charge in [-0.2, -0.15) is 0 Å². The molecular formula is C20H34IN5O3. The van der Waals surface area contributed by atoms with Crippen molar-refractivity contribution in [3.05, 3.63) is 29.8 Å². The second kappa shape index (κ2) is 14.4. The third kappa shape index (κ3) is 10.1. The molecule has 1 aromatic rings. The fourth-order valence-corrected chi connectivity index (χ4v) is 2.74. The highest BCUT2D eigenvalue weighted by atomic mass is 127. The van der Waals surface area contributed by atoms with Gasteiger partial charge in [-0.15, -0.1) is 24.0 Å². The average molecular weight is 519 g/mol. The van der Waals surface area contributed by atoms with Gasteiger partial charge in [0.1, 0.15) is 12.3 Å². The number of methoxy groups -OCH3 is 1. The molecule has 2 rings (SSSR count). The van der Waals surface area contributed by atoms with Crippen LogP contribution in [0.1, 0.15) is 5.56 Å². The zero-order valence-electron chi connectivity index (χ0n) is 17.6. The van der Waals surface area contributed by atoms with E-state index >= 15 is 0 Å². The second-order valence-corrected chi connectivity index (χ2v) is 6.86. The van der Waals surface area contributed by atoms with Crippen molar-refractivity contribution in [3.8, 4) is 5.75 Å². The van der Waals surface area contributed by atoms with Gasteiger partial charge in [-0.1, -0.05) is 12.1 Å². The van der Waals surface area contributed by atoms with Crippen LogP contribution in [0.3, 0.4) is 0 Å². The normalized spacial score (nSPS) is 14.7. The van der Waals surface area contributed by atoms with E-state index in [0.29, 0.717) is 5.96 Å². The van der Waals surface area contributed by atoms with Gasteiger partial charge >= 0.3 is 0 Å². The first-order valence-electron chi connectivity index (χ1n) is 9.74. The minimum absolute atomic E-state index is 0. The molecule has 29 heavy (non-hydrogen) atoms. The van der Waals surface area contributed by atoms with Gasteiger partial charge in [-0.05, 0) is 24.1 Å². The lowest BCUT2D eigenvalue weighted by atomic mass is 10.1. The second-order valence-electron chi connectivity index (χ2n) is 6.86. The summed E-state index contributed by atoms with van der Waals surface area (Å²) >= 11 is 0. The number of aliphatic imine (C=N–C) groups is 1. The van der Waals surface area contributed by atoms with Crippen molar-refractivity contribution in [1.82, 2.24) is 20.4 Å². The Hall–Kier alpha value is -1.59. The average Bonchev–Trinajstić information content (AvgIpc) is 2.72. The van der Waals surface area contributed by atoms with E-state index in [9.17, 15) is 4.79 Å². The summed E-state index contributed by atoms with van der Waals surface area (Å²) < 4.78 is 10.6. The smallest absolute Gasteiger partial charge is 0.243 e. The third-order valence-corrected chi connectivity index (χ3v) is 4.56. The van der Waals surface area contributed by atoms with Crippen LogP contribution in [0.15, 0.2) is 29.3 Å². The number of hydrogen-bond acceptors (Lipinski definition) is 5. The molecule has 0 unspecified atom stereocenters. The zero-order valence-corrected chi connectivity index (χ0v) is 20.0. The molecule has 2 N–H and O–H groups in total. The number of halogens is 1. The van der Waals surface area contributed by atoms with Gasteiger partial charge in [-0.3, -0.25) is 9.69 Å². The van der Waals surface area contributed by atoms with Crippen LogP contribution in [0.25, 0.3) is 0 Å². The van der Waals surface area contributed by atoms with Crippen molar-refractivity contribution in [2.45, 2.75) is 6.42 Å². The van der Waals surface area contributed by atoms with Crippen molar-refractivity contribution in [2.24, 2.45) is 4.99 Å². The van der Waals surface area contributed by atoms with Crippen LogP contribution < -0.4 is 15.4 Å². The number of benzene rings is 1. The van der Waals surface area contributed by atoms with Crippen LogP contribution in [-0.4, -0.2) is 95.4 Å². The number of nitrogens with one attached hydrogen (secondary N) is 2. The van der Waals surface area contributed by atoms with Gasteiger partial charge in [0.25, 0.3) is 0 Å². The van der Waals surface area contributed by atoms with Crippen LogP contribution in [0.5, 0.6) is 5.75 Å². The molecule has 8 nitrogen and oxygen atoms in total. The monoisotopic (exact) mass is 519 g/mol. The number of rotatable bonds is 9. The molecule has 1 amide bonds. The predicted molar refractivity (Wildman–Crippen MR) is 126 cm³/mol. The molecule has 1 aliphatic heterocycles. The summed E-state index contributed by atoms with van der Waals surface area (Å²) in [5.74, 6) is 1.49. The Kier molecular flexibility index (Phi) is 12.6. The van der Waals surface area contributed by atoms with Gasteiger partial charge in [0, 0.05) is 46.8 Å². The summed E-state index contributed by atoms with van der Waals surface area (Å²) in [5, 5.41) is 6.65. The Labute approximate surface area is 191 Å². The molecular weight excluding hydrogens is 485 g/mol. The number of morpholine rings is 1. The van der Waals surface area contributed by atoms with Crippen molar-refractivity contribution >= 4 is 35.8 Å². The van der Waals surface area contributed by atoms with Crippen molar-refractivity contribution in [3.63, 3.8) is 0 Å². The Morgan fingerprint density at radius 1 is 1.17 bits per heavy atom. The van der Waals surface area contributed by atoms with E-state index in [-0.39, 0.29) is 36.4 Å². The Bertz CT molecular complexity index is 619. The van der Waals surface area contributed by atoms with E-state index in [1.807, 2.05) is 12.1 Å². The predicted octanol–water partition coefficient (Wildman–Crippen LogP) is 0.811. The maximum absolute atomic E-state index is 11.9. The molecule has 0 spiro atoms. The molecule has 1 heterocycles. The van der Waals surface area contributed by atoms with Crippen LogP contribution >= 0.6 is 24.0 Å². The SMILES string of the molecule is COc1ccc(CCNC(=NCC(=O)N(C)C)NCCN2CCOCC2)cc1.I. The lowest BCUT2D eigenvalue weighted by Crippen LogP contribution is -2.45. The van der Waals surface area contributed by atoms with Gasteiger partial charge in [-0.25, -0.2) is 4.99 Å². The molecule has 1 fully saturated rings. The zero-order chi connectivity index (χ0) is 20.2. The van der Waals surface area contributed by atoms with Crippen LogP contribution in [-0.2, 0) is 16.0 Å². The van der Waals surface area contributed by atoms with E-state index in [2.05, 4.69) is 32.7 Å². The maximum Gasteiger partial charge on any atom is 0.243 e. The first-order valence-corrected chi connectivity index (χ1v) is 9.74. The molecule has 0 saturated carbocycles. The van der Waals surface area contributed by atoms with Gasteiger partial charge < -0.3 is 25.0 Å². The summed E-state index contributed by atoms with van der Waals surface area (Å²) in [6, 6.07) is 8.03. The molecule has 1 aromatic carbocycles. The highest BCUT2D eigenvalue weighted by Crippen LogP contribution is 2.11. The molecule has 9 heteroatoms. The Balaban J connectivity index is 0.00000420. The van der Waals surface area contributed by atoms with Crippen LogP contribution in [0, 0.1) is 0 Å². The Morgan fingerprint density at radius 3 is 2.45 bits per heavy atom. The molecule has 1 aliphatic rings. The van der Waals surface area contributed by atoms with E-state index in [1.165, 1.54) is 5.56 Å². The first-order chi connectivity index (χ1) is 13.6. The number of amides is 1. The number of carbonyl (C=O) groups is 1. The number of guanidine groups is 1. The third-order valence-electron chi connectivity index (χ3n) is 4.56. The lowest BCUT2D eigenvalue weighted by Gasteiger charge is -2.26. The number of carbonyl (C=O) groups excluding carboxylic acids is 1. The summed E-state index contributed by atoms with van der Waals surface area (Å²) in [6.45, 7) is 6.04. The first kappa shape index (κ1) is 25.4. The van der Waals surface area contributed by atoms with Gasteiger partial charge in [0.15, 0.2) is 5.96 Å². The maximum atomic E-state index is 11.9. The van der Waals surface area contributed by atoms with E-state index in [1.54, 1.807) is 26.1 Å². The minimum atomic E-state index is -0.0237. The summed E-state index contributed by atoms with van der Waals surface area (Å²) in [4.78, 5) is 20.2. The highest BCUT2D eigenvalue weighted by Gasteiger charge is 2.10. The topological polar surface area (TPSA) is 78.4 Å². The molecule has 0 bridgehead atoms. The number of ether oxygens (including phenoxy) is 2. The molecule has 0 aromatic heterocycles. The van der Waals surface area contributed by atoms with Gasteiger partial charge in [0.2, 0.25) is 5.91 Å². The fourth-order valence-electron chi connectivity index (χ4n) is 2.74. The van der Waals surface area contributed by atoms with Crippen molar-refractivity contribution < 1.29 is 14.3 Å². The molecule has 0 atom stereocenters. The van der Waals surface area contributed by atoms with Crippen molar-refractivity contribution in [1.29, 1.82) is 0 Å². The van der Waals surface area contributed by atoms with E-state index in [4.69, 9.17) is 9.47 Å². The molecule has 164 valence electrons. The number of hydrogen-bond donors (Lipinski definition) is 2. The van der Waals surface area contributed by atoms with Crippen LogP contribution in [0.4, 0.5) is 0 Å². The molecule has 0 radical (unpaired) electrons. The van der Waals surface area contributed by atoms with Gasteiger partial charge in [0.05, 0.1) is 20.3 Å². The number of nitrogens with zero attached hydrogens (tertiary/aromatic N) is 3. The Morgan fingerprint density at radius 2 is 1.83 bits per heavy atom. The quantitative estimate of drug-likeness (QED) is 0.286. The lowest BCUT2D eigenvalue weighted by molar-refractivity contribution is -0.127. The summed E-state index contributed by atoms with van der Waals surface area (Å²) in [5.41, 5.74) is 1.21. The van der Waals surface area contributed by atoms with Crippen LogP contribution in [0.2, 0.25) is 0 Å². The van der Waals surface area contributed by atoms with E-state index < -0.39 is 0 Å². The largest absolute Gasteiger partial charge is 0.497 e. The molecule has 1 saturated heterocycles. The van der Waals surface area contributed by atoms with Crippen molar-refractivity contribution in [2.75, 3.05) is 73.7 Å². The minimum Gasteiger partial charge on any atom is -0.497 e. The summed E-state index contributed by atoms with van der Waals surface area (Å²) in [7, 11) is 5.14. The highest BCUT2D eigenvalue weighted by molar-refractivity contribution is 14.0. The molecule has 0 aliphatic carbocycles. The number of likely N-dealkylation sites (N-methyl/N-ethyl adjacent to an activating group) is 1.